The average Bonchev–Trinajstić information content (AvgIpc) is 2.55. The molecular formula is C12H25N3O2. The van der Waals surface area contributed by atoms with Crippen LogP contribution >= 0.6 is 0 Å². The van der Waals surface area contributed by atoms with Crippen LogP contribution in [0.4, 0.5) is 0 Å². The summed E-state index contributed by atoms with van der Waals surface area (Å²) in [5, 5.41) is 6.28. The number of methoxy groups -OCH3 is 1. The average molecular weight is 243 g/mol. The van der Waals surface area contributed by atoms with Gasteiger partial charge in [-0.1, -0.05) is 6.92 Å². The molecule has 0 saturated carbocycles. The van der Waals surface area contributed by atoms with E-state index in [0.717, 1.165) is 32.6 Å². The van der Waals surface area contributed by atoms with Crippen molar-refractivity contribution in [1.82, 2.24) is 15.5 Å². The lowest BCUT2D eigenvalue weighted by molar-refractivity contribution is -0.122. The Morgan fingerprint density at radius 1 is 1.47 bits per heavy atom. The van der Waals surface area contributed by atoms with Gasteiger partial charge in [0.2, 0.25) is 5.91 Å². The second-order valence-corrected chi connectivity index (χ2v) is 4.74. The molecule has 1 aliphatic heterocycles. The van der Waals surface area contributed by atoms with Crippen LogP contribution in [0.2, 0.25) is 0 Å². The largest absolute Gasteiger partial charge is 0.384 e. The maximum Gasteiger partial charge on any atom is 0.234 e. The van der Waals surface area contributed by atoms with Crippen LogP contribution in [0.5, 0.6) is 0 Å². The number of carbonyl (C=O) groups is 1. The first kappa shape index (κ1) is 14.4. The van der Waals surface area contributed by atoms with Crippen molar-refractivity contribution in [3.63, 3.8) is 0 Å². The molecule has 1 unspecified atom stereocenters. The molecule has 0 aliphatic carbocycles. The summed E-state index contributed by atoms with van der Waals surface area (Å²) in [6, 6.07) is 0. The minimum Gasteiger partial charge on any atom is -0.384 e. The molecule has 1 aliphatic rings. The highest BCUT2D eigenvalue weighted by molar-refractivity contribution is 5.78. The minimum atomic E-state index is 0.120. The molecule has 17 heavy (non-hydrogen) atoms. The lowest BCUT2D eigenvalue weighted by atomic mass is 10.2. The molecule has 5 nitrogen and oxygen atoms in total. The molecule has 1 saturated heterocycles. The van der Waals surface area contributed by atoms with Gasteiger partial charge in [0.25, 0.3) is 0 Å². The van der Waals surface area contributed by atoms with Gasteiger partial charge < -0.3 is 15.4 Å². The molecule has 0 aromatic heterocycles. The predicted octanol–water partition coefficient (Wildman–Crippen LogP) is -0.320. The quantitative estimate of drug-likeness (QED) is 0.671. The third kappa shape index (κ3) is 6.61. The Hall–Kier alpha value is -0.650. The molecule has 1 amide bonds. The first-order chi connectivity index (χ1) is 8.22. The summed E-state index contributed by atoms with van der Waals surface area (Å²) in [6.07, 6.45) is 1.12. The first-order valence-electron chi connectivity index (χ1n) is 6.41. The van der Waals surface area contributed by atoms with Gasteiger partial charge in [0.05, 0.1) is 13.2 Å². The normalized spacial score (nSPS) is 19.6. The van der Waals surface area contributed by atoms with Crippen LogP contribution in [0.1, 0.15) is 13.3 Å². The molecule has 5 heteroatoms. The molecule has 0 spiro atoms. The van der Waals surface area contributed by atoms with E-state index in [4.69, 9.17) is 4.74 Å². The molecule has 1 atom stereocenters. The van der Waals surface area contributed by atoms with Crippen LogP contribution in [0, 0.1) is 5.92 Å². The topological polar surface area (TPSA) is 53.6 Å². The van der Waals surface area contributed by atoms with Crippen LogP contribution < -0.4 is 10.6 Å². The zero-order valence-electron chi connectivity index (χ0n) is 11.0. The number of hydrogen-bond donors (Lipinski definition) is 2. The summed E-state index contributed by atoms with van der Waals surface area (Å²) in [7, 11) is 1.68. The van der Waals surface area contributed by atoms with E-state index in [-0.39, 0.29) is 5.91 Å². The number of hydrogen-bond acceptors (Lipinski definition) is 4. The van der Waals surface area contributed by atoms with Crippen molar-refractivity contribution in [3.8, 4) is 0 Å². The van der Waals surface area contributed by atoms with Gasteiger partial charge in [-0.3, -0.25) is 9.69 Å². The van der Waals surface area contributed by atoms with E-state index in [9.17, 15) is 4.79 Å². The van der Waals surface area contributed by atoms with Gasteiger partial charge in [-0.25, -0.2) is 0 Å². The Labute approximate surface area is 104 Å². The van der Waals surface area contributed by atoms with Crippen molar-refractivity contribution < 1.29 is 9.53 Å². The predicted molar refractivity (Wildman–Crippen MR) is 68.0 cm³/mol. The Morgan fingerprint density at radius 2 is 2.29 bits per heavy atom. The molecule has 0 aromatic rings. The highest BCUT2D eigenvalue weighted by Crippen LogP contribution is 1.96. The molecular weight excluding hydrogens is 218 g/mol. The van der Waals surface area contributed by atoms with E-state index >= 15 is 0 Å². The van der Waals surface area contributed by atoms with Crippen molar-refractivity contribution in [2.45, 2.75) is 13.3 Å². The van der Waals surface area contributed by atoms with Crippen molar-refractivity contribution in [1.29, 1.82) is 0 Å². The van der Waals surface area contributed by atoms with E-state index in [1.807, 2.05) is 0 Å². The zero-order valence-corrected chi connectivity index (χ0v) is 11.0. The lowest BCUT2D eigenvalue weighted by Crippen LogP contribution is -2.40. The smallest absolute Gasteiger partial charge is 0.234 e. The van der Waals surface area contributed by atoms with Crippen molar-refractivity contribution in [2.75, 3.05) is 53.0 Å². The highest BCUT2D eigenvalue weighted by atomic mass is 16.5. The fourth-order valence-corrected chi connectivity index (χ4v) is 1.95. The second-order valence-electron chi connectivity index (χ2n) is 4.74. The minimum absolute atomic E-state index is 0.120. The van der Waals surface area contributed by atoms with Gasteiger partial charge in [-0.15, -0.1) is 0 Å². The zero-order chi connectivity index (χ0) is 12.5. The summed E-state index contributed by atoms with van der Waals surface area (Å²) >= 11 is 0. The van der Waals surface area contributed by atoms with Crippen LogP contribution in [0.3, 0.4) is 0 Å². The molecule has 0 aromatic carbocycles. The number of ether oxygens (including phenoxy) is 1. The molecule has 0 radical (unpaired) electrons. The van der Waals surface area contributed by atoms with Crippen LogP contribution in [-0.4, -0.2) is 63.8 Å². The molecule has 2 N–H and O–H groups in total. The Kier molecular flexibility index (Phi) is 7.16. The summed E-state index contributed by atoms with van der Waals surface area (Å²) in [5.74, 6) is 0.490. The van der Waals surface area contributed by atoms with Crippen molar-refractivity contribution >= 4 is 5.91 Å². The van der Waals surface area contributed by atoms with Gasteiger partial charge in [-0.2, -0.15) is 0 Å². The third-order valence-electron chi connectivity index (χ3n) is 2.90. The maximum absolute atomic E-state index is 11.7. The third-order valence-corrected chi connectivity index (χ3v) is 2.90. The fourth-order valence-electron chi connectivity index (χ4n) is 1.95. The summed E-state index contributed by atoms with van der Waals surface area (Å²) in [4.78, 5) is 13.9. The molecule has 1 fully saturated rings. The Balaban J connectivity index is 2.14. The monoisotopic (exact) mass is 243 g/mol. The second kappa shape index (κ2) is 8.44. The first-order valence-corrected chi connectivity index (χ1v) is 6.41. The highest BCUT2D eigenvalue weighted by Gasteiger charge is 2.12. The number of nitrogens with one attached hydrogen (secondary N) is 2. The number of amides is 1. The number of nitrogens with zero attached hydrogens (tertiary/aromatic N) is 1. The van der Waals surface area contributed by atoms with Crippen molar-refractivity contribution in [2.24, 2.45) is 5.92 Å². The standard InChI is InChI=1S/C12H25N3O2/c1-11(10-17-2)8-14-12(16)9-15-6-3-4-13-5-7-15/h11,13H,3-10H2,1-2H3,(H,14,16). The van der Waals surface area contributed by atoms with Crippen LogP contribution in [0.15, 0.2) is 0 Å². The Bertz CT molecular complexity index is 216. The SMILES string of the molecule is COCC(C)CNC(=O)CN1CCCNCC1. The van der Waals surface area contributed by atoms with Gasteiger partial charge in [-0.05, 0) is 25.4 Å². The Morgan fingerprint density at radius 3 is 3.06 bits per heavy atom. The molecule has 1 heterocycles. The molecule has 1 rings (SSSR count). The summed E-state index contributed by atoms with van der Waals surface area (Å²) in [6.45, 7) is 7.97. The van der Waals surface area contributed by atoms with E-state index in [1.165, 1.54) is 0 Å². The van der Waals surface area contributed by atoms with Gasteiger partial charge in [0.1, 0.15) is 0 Å². The van der Waals surface area contributed by atoms with Crippen LogP contribution in [0.25, 0.3) is 0 Å². The fraction of sp³-hybridized carbons (Fsp3) is 0.917. The molecule has 0 bridgehead atoms. The maximum atomic E-state index is 11.7. The summed E-state index contributed by atoms with van der Waals surface area (Å²) in [5.41, 5.74) is 0. The van der Waals surface area contributed by atoms with Gasteiger partial charge >= 0.3 is 0 Å². The molecule has 100 valence electrons. The van der Waals surface area contributed by atoms with Crippen molar-refractivity contribution in [3.05, 3.63) is 0 Å². The van der Waals surface area contributed by atoms with E-state index in [1.54, 1.807) is 7.11 Å². The van der Waals surface area contributed by atoms with E-state index in [2.05, 4.69) is 22.5 Å². The van der Waals surface area contributed by atoms with Crippen LogP contribution in [-0.2, 0) is 9.53 Å². The number of rotatable bonds is 6. The van der Waals surface area contributed by atoms with E-state index in [0.29, 0.717) is 25.6 Å². The summed E-state index contributed by atoms with van der Waals surface area (Å²) < 4.78 is 5.03. The van der Waals surface area contributed by atoms with Gasteiger partial charge in [0, 0.05) is 26.7 Å². The van der Waals surface area contributed by atoms with Gasteiger partial charge in [0.15, 0.2) is 0 Å². The lowest BCUT2D eigenvalue weighted by Gasteiger charge is -2.19. The number of carbonyl (C=O) groups excluding carboxylic acids is 1. The van der Waals surface area contributed by atoms with E-state index < -0.39 is 0 Å².